The number of rotatable bonds is 5. The third-order valence-electron chi connectivity index (χ3n) is 2.57. The summed E-state index contributed by atoms with van der Waals surface area (Å²) in [5, 5.41) is 2.87. The Morgan fingerprint density at radius 2 is 1.95 bits per heavy atom. The van der Waals surface area contributed by atoms with Crippen LogP contribution in [0.15, 0.2) is 41.4 Å². The van der Waals surface area contributed by atoms with Crippen LogP contribution < -0.4 is 10.0 Å². The van der Waals surface area contributed by atoms with Gasteiger partial charge in [-0.2, -0.15) is 0 Å². The van der Waals surface area contributed by atoms with Gasteiger partial charge >= 0.3 is 0 Å². The van der Waals surface area contributed by atoms with Gasteiger partial charge in [0.25, 0.3) is 10.0 Å². The predicted molar refractivity (Wildman–Crippen MR) is 75.6 cm³/mol. The van der Waals surface area contributed by atoms with Crippen LogP contribution in [0, 0.1) is 11.6 Å². The molecule has 0 saturated heterocycles. The molecule has 1 heterocycles. The number of hydrogen-bond donors (Lipinski definition) is 2. The smallest absolute Gasteiger partial charge is 0.262 e. The molecule has 0 amide bonds. The lowest BCUT2D eigenvalue weighted by Gasteiger charge is -2.10. The van der Waals surface area contributed by atoms with Crippen LogP contribution in [0.1, 0.15) is 6.92 Å². The summed E-state index contributed by atoms with van der Waals surface area (Å²) < 4.78 is 52.9. The van der Waals surface area contributed by atoms with E-state index in [-0.39, 0.29) is 4.90 Å². The maximum atomic E-state index is 13.5. The summed E-state index contributed by atoms with van der Waals surface area (Å²) in [6, 6.07) is 5.11. The van der Waals surface area contributed by atoms with Crippen LogP contribution in [0.4, 0.5) is 20.3 Å². The molecule has 0 atom stereocenters. The lowest BCUT2D eigenvalue weighted by molar-refractivity contribution is 0.594. The highest BCUT2D eigenvalue weighted by atomic mass is 32.2. The van der Waals surface area contributed by atoms with Crippen LogP contribution >= 0.6 is 0 Å². The van der Waals surface area contributed by atoms with Crippen molar-refractivity contribution in [3.63, 3.8) is 0 Å². The number of aromatic nitrogens is 1. The number of sulfonamides is 1. The van der Waals surface area contributed by atoms with E-state index in [9.17, 15) is 17.2 Å². The Kier molecular flexibility index (Phi) is 4.37. The van der Waals surface area contributed by atoms with Crippen molar-refractivity contribution < 1.29 is 17.2 Å². The van der Waals surface area contributed by atoms with Crippen molar-refractivity contribution in [2.75, 3.05) is 16.6 Å². The third kappa shape index (κ3) is 3.66. The molecule has 0 bridgehead atoms. The zero-order valence-electron chi connectivity index (χ0n) is 11.1. The van der Waals surface area contributed by atoms with Gasteiger partial charge in [-0.3, -0.25) is 4.72 Å². The lowest BCUT2D eigenvalue weighted by Crippen LogP contribution is -2.15. The van der Waals surface area contributed by atoms with Crippen LogP contribution in [0.25, 0.3) is 0 Å². The molecule has 8 heteroatoms. The van der Waals surface area contributed by atoms with E-state index in [1.165, 1.54) is 18.3 Å². The van der Waals surface area contributed by atoms with Gasteiger partial charge in [-0.1, -0.05) is 0 Å². The molecular formula is C13H13F2N3O2S. The molecule has 5 nitrogen and oxygen atoms in total. The van der Waals surface area contributed by atoms with Crippen LogP contribution in [-0.2, 0) is 10.0 Å². The van der Waals surface area contributed by atoms with E-state index in [1.54, 1.807) is 0 Å². The van der Waals surface area contributed by atoms with Crippen LogP contribution in [0.3, 0.4) is 0 Å². The summed E-state index contributed by atoms with van der Waals surface area (Å²) in [6.07, 6.45) is 1.31. The fourth-order valence-corrected chi connectivity index (χ4v) is 2.71. The van der Waals surface area contributed by atoms with Crippen molar-refractivity contribution >= 4 is 21.5 Å². The van der Waals surface area contributed by atoms with Crippen molar-refractivity contribution in [2.45, 2.75) is 11.8 Å². The highest BCUT2D eigenvalue weighted by Gasteiger charge is 2.17. The largest absolute Gasteiger partial charge is 0.370 e. The molecule has 0 aliphatic rings. The molecule has 21 heavy (non-hydrogen) atoms. The number of benzene rings is 1. The summed E-state index contributed by atoms with van der Waals surface area (Å²) in [5.41, 5.74) is -0.447. The second kappa shape index (κ2) is 6.04. The fourth-order valence-electron chi connectivity index (χ4n) is 1.64. The van der Waals surface area contributed by atoms with E-state index in [4.69, 9.17) is 0 Å². The van der Waals surface area contributed by atoms with Gasteiger partial charge < -0.3 is 5.32 Å². The summed E-state index contributed by atoms with van der Waals surface area (Å²) in [6.45, 7) is 2.41. The Labute approximate surface area is 121 Å². The summed E-state index contributed by atoms with van der Waals surface area (Å²) in [5.74, 6) is -1.22. The molecule has 0 spiro atoms. The molecule has 1 aromatic carbocycles. The summed E-state index contributed by atoms with van der Waals surface area (Å²) in [4.78, 5) is 3.84. The fraction of sp³-hybridized carbons (Fsp3) is 0.154. The molecule has 2 N–H and O–H groups in total. The first-order valence-corrected chi connectivity index (χ1v) is 7.58. The molecule has 0 aliphatic carbocycles. The van der Waals surface area contributed by atoms with Gasteiger partial charge in [0.1, 0.15) is 17.5 Å². The SMILES string of the molecule is CCNc1cc(S(=O)(=O)Nc2cc(F)ccc2F)ccn1. The molecular weight excluding hydrogens is 300 g/mol. The first-order chi connectivity index (χ1) is 9.92. The van der Waals surface area contributed by atoms with Gasteiger partial charge in [0.05, 0.1) is 10.6 Å². The van der Waals surface area contributed by atoms with E-state index >= 15 is 0 Å². The Morgan fingerprint density at radius 3 is 2.67 bits per heavy atom. The highest BCUT2D eigenvalue weighted by Crippen LogP contribution is 2.21. The van der Waals surface area contributed by atoms with Crippen molar-refractivity contribution in [3.8, 4) is 0 Å². The highest BCUT2D eigenvalue weighted by molar-refractivity contribution is 7.92. The van der Waals surface area contributed by atoms with Crippen molar-refractivity contribution in [1.82, 2.24) is 4.98 Å². The van der Waals surface area contributed by atoms with Crippen LogP contribution in [0.5, 0.6) is 0 Å². The molecule has 0 fully saturated rings. The number of pyridine rings is 1. The molecule has 0 radical (unpaired) electrons. The van der Waals surface area contributed by atoms with E-state index in [1.807, 2.05) is 11.6 Å². The standard InChI is InChI=1S/C13H13F2N3O2S/c1-2-16-13-8-10(5-6-17-13)21(19,20)18-12-7-9(14)3-4-11(12)15/h3-8,18H,2H2,1H3,(H,16,17). The Morgan fingerprint density at radius 1 is 1.19 bits per heavy atom. The number of hydrogen-bond acceptors (Lipinski definition) is 4. The van der Waals surface area contributed by atoms with Crippen molar-refractivity contribution in [3.05, 3.63) is 48.2 Å². The predicted octanol–water partition coefficient (Wildman–Crippen LogP) is 2.59. The molecule has 112 valence electrons. The van der Waals surface area contributed by atoms with E-state index in [2.05, 4.69) is 10.3 Å². The van der Waals surface area contributed by atoms with Gasteiger partial charge in [-0.25, -0.2) is 22.2 Å². The topological polar surface area (TPSA) is 71.1 Å². The minimum Gasteiger partial charge on any atom is -0.370 e. The van der Waals surface area contributed by atoms with Crippen molar-refractivity contribution in [1.29, 1.82) is 0 Å². The van der Waals surface area contributed by atoms with Crippen LogP contribution in [-0.4, -0.2) is 19.9 Å². The minimum atomic E-state index is -4.03. The zero-order chi connectivity index (χ0) is 15.5. The lowest BCUT2D eigenvalue weighted by atomic mass is 10.3. The Balaban J connectivity index is 2.34. The van der Waals surface area contributed by atoms with Gasteiger partial charge in [0, 0.05) is 24.9 Å². The molecule has 1 aromatic heterocycles. The molecule has 2 rings (SSSR count). The Hall–Kier alpha value is -2.22. The van der Waals surface area contributed by atoms with Crippen LogP contribution in [0.2, 0.25) is 0 Å². The maximum Gasteiger partial charge on any atom is 0.262 e. The second-order valence-corrected chi connectivity index (χ2v) is 5.82. The average molecular weight is 313 g/mol. The minimum absolute atomic E-state index is 0.0999. The zero-order valence-corrected chi connectivity index (χ0v) is 11.9. The summed E-state index contributed by atoms with van der Waals surface area (Å²) >= 11 is 0. The number of anilines is 2. The molecule has 2 aromatic rings. The number of halogens is 2. The number of nitrogens with zero attached hydrogens (tertiary/aromatic N) is 1. The Bertz CT molecular complexity index is 751. The first kappa shape index (κ1) is 15.2. The van der Waals surface area contributed by atoms with E-state index in [0.717, 1.165) is 18.2 Å². The monoisotopic (exact) mass is 313 g/mol. The number of nitrogens with one attached hydrogen (secondary N) is 2. The third-order valence-corrected chi connectivity index (χ3v) is 3.94. The molecule has 0 saturated carbocycles. The normalized spacial score (nSPS) is 11.2. The van der Waals surface area contributed by atoms with E-state index < -0.39 is 27.3 Å². The van der Waals surface area contributed by atoms with E-state index in [0.29, 0.717) is 12.4 Å². The second-order valence-electron chi connectivity index (χ2n) is 4.14. The quantitative estimate of drug-likeness (QED) is 0.890. The molecule has 0 aliphatic heterocycles. The molecule has 0 unspecified atom stereocenters. The van der Waals surface area contributed by atoms with Crippen molar-refractivity contribution in [2.24, 2.45) is 0 Å². The van der Waals surface area contributed by atoms with Gasteiger partial charge in [0.2, 0.25) is 0 Å². The first-order valence-electron chi connectivity index (χ1n) is 6.10. The maximum absolute atomic E-state index is 13.5. The van der Waals surface area contributed by atoms with Gasteiger partial charge in [-0.05, 0) is 25.1 Å². The van der Waals surface area contributed by atoms with Gasteiger partial charge in [-0.15, -0.1) is 0 Å². The average Bonchev–Trinajstić information content (AvgIpc) is 2.43. The summed E-state index contributed by atoms with van der Waals surface area (Å²) in [7, 11) is -4.03. The van der Waals surface area contributed by atoms with Gasteiger partial charge in [0.15, 0.2) is 0 Å².